The minimum Gasteiger partial charge on any atom is -0.725 e. The zero-order valence-electron chi connectivity index (χ0n) is 16.5. The average molecular weight is 540 g/mol. The fourth-order valence-electron chi connectivity index (χ4n) is 3.11. The van der Waals surface area contributed by atoms with Gasteiger partial charge in [0.05, 0.1) is 10.7 Å². The Balaban J connectivity index is 0.00000240. The van der Waals surface area contributed by atoms with Crippen LogP contribution in [-0.4, -0.2) is 31.8 Å². The smallest absolute Gasteiger partial charge is 0.725 e. The van der Waals surface area contributed by atoms with Gasteiger partial charge in [0.2, 0.25) is 26.7 Å². The first kappa shape index (κ1) is 30.2. The van der Waals surface area contributed by atoms with Gasteiger partial charge in [-0.2, -0.15) is 0 Å². The van der Waals surface area contributed by atoms with Crippen LogP contribution >= 0.6 is 11.6 Å². The van der Waals surface area contributed by atoms with Crippen molar-refractivity contribution >= 4 is 44.0 Å². The second-order valence-corrected chi connectivity index (χ2v) is 8.47. The summed E-state index contributed by atoms with van der Waals surface area (Å²) in [6.45, 7) is 1.21. The molecule has 156 valence electrons. The van der Waals surface area contributed by atoms with Crippen molar-refractivity contribution < 1.29 is 142 Å². The minimum atomic E-state index is -5.20. The molecular formula is C16H12ClK2NO9S2. The fourth-order valence-corrected chi connectivity index (χ4v) is 4.22. The van der Waals surface area contributed by atoms with Crippen LogP contribution in [0.2, 0.25) is 5.02 Å². The summed E-state index contributed by atoms with van der Waals surface area (Å²) in [6.07, 6.45) is -2.95. The van der Waals surface area contributed by atoms with Crippen molar-refractivity contribution in [1.82, 2.24) is 0 Å². The van der Waals surface area contributed by atoms with Crippen LogP contribution in [0.5, 0.6) is 0 Å². The number of anilines is 1. The molecule has 0 radical (unpaired) electrons. The third-order valence-electron chi connectivity index (χ3n) is 4.04. The van der Waals surface area contributed by atoms with Crippen molar-refractivity contribution in [1.29, 1.82) is 0 Å². The molecule has 1 amide bonds. The predicted molar refractivity (Wildman–Crippen MR) is 97.4 cm³/mol. The number of carbonyl (C=O) groups is 1. The summed E-state index contributed by atoms with van der Waals surface area (Å²) >= 11 is 6.13. The van der Waals surface area contributed by atoms with Gasteiger partial charge in [0.1, 0.15) is 12.2 Å². The quantitative estimate of drug-likeness (QED) is 0.225. The van der Waals surface area contributed by atoms with E-state index in [2.05, 4.69) is 13.7 Å². The molecule has 0 spiro atoms. The van der Waals surface area contributed by atoms with Crippen LogP contribution in [0, 0.1) is 0 Å². The van der Waals surface area contributed by atoms with E-state index in [-0.39, 0.29) is 136 Å². The van der Waals surface area contributed by atoms with Gasteiger partial charge in [-0.1, -0.05) is 35.9 Å². The number of amides is 1. The first-order valence-electron chi connectivity index (χ1n) is 7.83. The maximum Gasteiger partial charge on any atom is 1.00 e. The van der Waals surface area contributed by atoms with Gasteiger partial charge in [0, 0.05) is 6.92 Å². The van der Waals surface area contributed by atoms with Crippen LogP contribution in [0.3, 0.4) is 0 Å². The van der Waals surface area contributed by atoms with E-state index in [0.717, 1.165) is 0 Å². The Morgan fingerprint density at radius 3 is 1.71 bits per heavy atom. The Morgan fingerprint density at radius 1 is 0.903 bits per heavy atom. The number of hydrogen-bond donors (Lipinski definition) is 1. The molecule has 15 heteroatoms. The predicted octanol–water partition coefficient (Wildman–Crippen LogP) is -4.25. The van der Waals surface area contributed by atoms with E-state index in [9.17, 15) is 30.7 Å². The molecule has 0 fully saturated rings. The molecule has 0 saturated heterocycles. The van der Waals surface area contributed by atoms with Crippen molar-refractivity contribution in [2.24, 2.45) is 0 Å². The number of fused-ring (bicyclic) bond motifs is 2. The second kappa shape index (κ2) is 11.8. The average Bonchev–Trinajstić information content (AvgIpc) is 2.57. The zero-order chi connectivity index (χ0) is 21.6. The van der Waals surface area contributed by atoms with Crippen molar-refractivity contribution in [2.75, 3.05) is 5.32 Å². The van der Waals surface area contributed by atoms with Gasteiger partial charge >= 0.3 is 103 Å². The first-order chi connectivity index (χ1) is 13.4. The fraction of sp³-hybridized carbons (Fsp3) is 0.188. The topological polar surface area (TPSA) is 162 Å². The molecule has 1 aliphatic rings. The van der Waals surface area contributed by atoms with Crippen LogP contribution in [-0.2, 0) is 34.0 Å². The normalized spacial score (nSPS) is 17.4. The molecule has 2 unspecified atom stereocenters. The third kappa shape index (κ3) is 7.86. The second-order valence-electron chi connectivity index (χ2n) is 6.04. The molecule has 0 aliphatic heterocycles. The van der Waals surface area contributed by atoms with Gasteiger partial charge in [-0.15, -0.1) is 0 Å². The van der Waals surface area contributed by atoms with Crippen molar-refractivity contribution in [3.05, 3.63) is 63.7 Å². The van der Waals surface area contributed by atoms with Crippen molar-refractivity contribution in [3.8, 4) is 0 Å². The molecule has 0 saturated carbocycles. The van der Waals surface area contributed by atoms with E-state index < -0.39 is 38.9 Å². The molecule has 1 N–H and O–H groups in total. The maximum absolute atomic E-state index is 11.4. The van der Waals surface area contributed by atoms with E-state index in [0.29, 0.717) is 0 Å². The summed E-state index contributed by atoms with van der Waals surface area (Å²) in [5, 5.41) is 2.38. The van der Waals surface area contributed by atoms with Gasteiger partial charge in [-0.25, -0.2) is 16.8 Å². The summed E-state index contributed by atoms with van der Waals surface area (Å²) in [5.74, 6) is -0.494. The number of benzene rings is 2. The molecule has 0 bridgehead atoms. The Morgan fingerprint density at radius 2 is 1.32 bits per heavy atom. The number of nitrogens with one attached hydrogen (secondary N) is 1. The van der Waals surface area contributed by atoms with Crippen molar-refractivity contribution in [3.63, 3.8) is 0 Å². The Kier molecular flexibility index (Phi) is 11.5. The molecular weight excluding hydrogens is 528 g/mol. The standard InChI is InChI=1S/C16H14ClNO9S2.2K/c1-8(19)18-14-7-12-11(6-13(14)17)15(26-28(20,21)22)9-4-2-3-5-10(9)16(12)27-29(23,24)25;;/h2-7,15-16H,1H3,(H,18,19)(H,20,21,22)(H,23,24,25);;/q;2*+1/p-2. The largest absolute Gasteiger partial charge is 1.00 e. The SMILES string of the molecule is CC(=O)Nc1cc2c(cc1Cl)C(OS(=O)(=O)[O-])c1ccccc1C2OS(=O)(=O)[O-].[K+].[K+]. The van der Waals surface area contributed by atoms with E-state index in [1.807, 2.05) is 0 Å². The van der Waals surface area contributed by atoms with E-state index in [4.69, 9.17) is 11.6 Å². The van der Waals surface area contributed by atoms with E-state index in [1.54, 1.807) is 0 Å². The Labute approximate surface area is 269 Å². The third-order valence-corrected chi connectivity index (χ3v) is 5.21. The van der Waals surface area contributed by atoms with Gasteiger partial charge in [-0.3, -0.25) is 13.2 Å². The number of carbonyl (C=O) groups excluding carboxylic acids is 1. The molecule has 2 aromatic carbocycles. The van der Waals surface area contributed by atoms with Crippen LogP contribution in [0.15, 0.2) is 36.4 Å². The van der Waals surface area contributed by atoms with Crippen LogP contribution in [0.4, 0.5) is 5.69 Å². The summed E-state index contributed by atoms with van der Waals surface area (Å²) in [5.41, 5.74) is 0.194. The molecule has 2 atom stereocenters. The molecule has 31 heavy (non-hydrogen) atoms. The summed E-state index contributed by atoms with van der Waals surface area (Å²) in [4.78, 5) is 11.4. The van der Waals surface area contributed by atoms with Crippen LogP contribution in [0.1, 0.15) is 41.4 Å². The summed E-state index contributed by atoms with van der Waals surface area (Å²) < 4.78 is 77.1. The molecule has 3 rings (SSSR count). The molecule has 2 aromatic rings. The van der Waals surface area contributed by atoms with Gasteiger partial charge < -0.3 is 14.4 Å². The Hall–Kier alpha value is 1.21. The first-order valence-corrected chi connectivity index (χ1v) is 10.9. The maximum atomic E-state index is 11.4. The van der Waals surface area contributed by atoms with E-state index in [1.165, 1.54) is 43.3 Å². The number of hydrogen-bond acceptors (Lipinski definition) is 9. The number of halogens is 1. The summed E-state index contributed by atoms with van der Waals surface area (Å²) in [7, 11) is -10.4. The van der Waals surface area contributed by atoms with Gasteiger partial charge in [0.15, 0.2) is 0 Å². The number of rotatable bonds is 5. The van der Waals surface area contributed by atoms with Crippen LogP contribution in [0.25, 0.3) is 0 Å². The molecule has 10 nitrogen and oxygen atoms in total. The van der Waals surface area contributed by atoms with Crippen molar-refractivity contribution in [2.45, 2.75) is 19.1 Å². The molecule has 1 aliphatic carbocycles. The van der Waals surface area contributed by atoms with Gasteiger partial charge in [0.25, 0.3) is 0 Å². The monoisotopic (exact) mass is 539 g/mol. The minimum absolute atomic E-state index is 0. The van der Waals surface area contributed by atoms with E-state index >= 15 is 0 Å². The molecule has 0 aromatic heterocycles. The van der Waals surface area contributed by atoms with Gasteiger partial charge in [-0.05, 0) is 34.4 Å². The zero-order valence-corrected chi connectivity index (χ0v) is 25.1. The van der Waals surface area contributed by atoms with Crippen LogP contribution < -0.4 is 108 Å². The Bertz CT molecular complexity index is 1210. The summed E-state index contributed by atoms with van der Waals surface area (Å²) in [6, 6.07) is 8.17. The molecule has 0 heterocycles.